The van der Waals surface area contributed by atoms with Gasteiger partial charge in [0, 0.05) is 19.9 Å². The van der Waals surface area contributed by atoms with E-state index in [1.165, 1.54) is 0 Å². The summed E-state index contributed by atoms with van der Waals surface area (Å²) in [5, 5.41) is 9.66. The summed E-state index contributed by atoms with van der Waals surface area (Å²) in [5.74, 6) is 0.386. The molecule has 0 aliphatic carbocycles. The number of hydrogen-bond acceptors (Lipinski definition) is 5. The molecule has 1 unspecified atom stereocenters. The number of aromatic nitrogens is 4. The first kappa shape index (κ1) is 15.3. The van der Waals surface area contributed by atoms with Gasteiger partial charge in [-0.2, -0.15) is 5.10 Å². The van der Waals surface area contributed by atoms with E-state index >= 15 is 0 Å². The Kier molecular flexibility index (Phi) is 5.18. The number of H-pyrrole nitrogens is 1. The number of rotatable bonds is 6. The zero-order chi connectivity index (χ0) is 15.2. The Morgan fingerprint density at radius 3 is 3.05 bits per heavy atom. The first-order valence-corrected chi connectivity index (χ1v) is 6.91. The molecule has 0 spiro atoms. The number of carbonyl (C=O) groups excluding carboxylic acids is 1. The van der Waals surface area contributed by atoms with Crippen LogP contribution in [0.3, 0.4) is 0 Å². The molecule has 0 aliphatic rings. The summed E-state index contributed by atoms with van der Waals surface area (Å²) in [6.07, 6.45) is 1.67. The summed E-state index contributed by atoms with van der Waals surface area (Å²) < 4.78 is 6.94. The second-order valence-corrected chi connectivity index (χ2v) is 4.78. The minimum Gasteiger partial charge on any atom is -0.383 e. The van der Waals surface area contributed by atoms with Gasteiger partial charge in [0.05, 0.1) is 6.61 Å². The maximum absolute atomic E-state index is 12.2. The fraction of sp³-hybridized carbons (Fsp3) is 0.385. The van der Waals surface area contributed by atoms with Crippen molar-refractivity contribution in [2.75, 3.05) is 20.3 Å². The molecule has 21 heavy (non-hydrogen) atoms. The molecule has 0 aromatic carbocycles. The molecular formula is C13H17N5O2S. The third-order valence-electron chi connectivity index (χ3n) is 2.97. The highest BCUT2D eigenvalue weighted by Gasteiger charge is 2.20. The lowest BCUT2D eigenvalue weighted by molar-refractivity contribution is -0.124. The van der Waals surface area contributed by atoms with Crippen LogP contribution in [-0.2, 0) is 9.53 Å². The van der Waals surface area contributed by atoms with E-state index in [1.807, 2.05) is 18.2 Å². The Labute approximate surface area is 127 Å². The van der Waals surface area contributed by atoms with Gasteiger partial charge in [-0.1, -0.05) is 6.07 Å². The Morgan fingerprint density at radius 2 is 2.38 bits per heavy atom. The van der Waals surface area contributed by atoms with Gasteiger partial charge in [0.25, 0.3) is 0 Å². The van der Waals surface area contributed by atoms with E-state index in [1.54, 1.807) is 24.8 Å². The molecule has 8 heteroatoms. The predicted octanol–water partition coefficient (Wildman–Crippen LogP) is 1.33. The molecule has 2 aromatic rings. The van der Waals surface area contributed by atoms with Crippen LogP contribution in [0, 0.1) is 4.77 Å². The standard InChI is InChI=1S/C13H17N5O2S/c1-9(12(19)15-7-8-20-2)18-11(16-17-13(18)21)10-5-3-4-6-14-10/h3-6,9H,7-8H2,1-2H3,(H,15,19)(H,17,21). The third kappa shape index (κ3) is 3.53. The molecule has 7 nitrogen and oxygen atoms in total. The minimum absolute atomic E-state index is 0.151. The largest absolute Gasteiger partial charge is 0.383 e. The van der Waals surface area contributed by atoms with Crippen LogP contribution < -0.4 is 5.32 Å². The molecule has 0 radical (unpaired) electrons. The lowest BCUT2D eigenvalue weighted by atomic mass is 10.2. The number of amides is 1. The van der Waals surface area contributed by atoms with Gasteiger partial charge < -0.3 is 10.1 Å². The maximum atomic E-state index is 12.2. The van der Waals surface area contributed by atoms with Crippen LogP contribution in [0.1, 0.15) is 13.0 Å². The highest BCUT2D eigenvalue weighted by molar-refractivity contribution is 7.71. The van der Waals surface area contributed by atoms with Crippen molar-refractivity contribution in [2.24, 2.45) is 0 Å². The zero-order valence-corrected chi connectivity index (χ0v) is 12.7. The summed E-state index contributed by atoms with van der Waals surface area (Å²) >= 11 is 5.22. The molecule has 0 bridgehead atoms. The van der Waals surface area contributed by atoms with Gasteiger partial charge in [-0.25, -0.2) is 0 Å². The first-order chi connectivity index (χ1) is 10.1. The van der Waals surface area contributed by atoms with Gasteiger partial charge in [0.1, 0.15) is 11.7 Å². The molecule has 2 heterocycles. The molecule has 1 amide bonds. The number of aromatic amines is 1. The minimum atomic E-state index is -0.495. The molecule has 2 N–H and O–H groups in total. The van der Waals surface area contributed by atoms with E-state index < -0.39 is 6.04 Å². The molecule has 2 rings (SSSR count). The fourth-order valence-electron chi connectivity index (χ4n) is 1.88. The lowest BCUT2D eigenvalue weighted by Gasteiger charge is -2.15. The maximum Gasteiger partial charge on any atom is 0.243 e. The Hall–Kier alpha value is -2.06. The summed E-state index contributed by atoms with van der Waals surface area (Å²) in [4.78, 5) is 16.4. The van der Waals surface area contributed by atoms with Crippen molar-refractivity contribution < 1.29 is 9.53 Å². The smallest absolute Gasteiger partial charge is 0.243 e. The van der Waals surface area contributed by atoms with Crippen molar-refractivity contribution in [3.05, 3.63) is 29.2 Å². The average Bonchev–Trinajstić information content (AvgIpc) is 2.89. The van der Waals surface area contributed by atoms with Crippen LogP contribution in [0.5, 0.6) is 0 Å². The molecule has 0 saturated heterocycles. The molecular weight excluding hydrogens is 290 g/mol. The second kappa shape index (κ2) is 7.09. The van der Waals surface area contributed by atoms with Gasteiger partial charge in [0.15, 0.2) is 10.6 Å². The molecule has 112 valence electrons. The van der Waals surface area contributed by atoms with Gasteiger partial charge in [-0.3, -0.25) is 19.4 Å². The Bertz CT molecular complexity index is 652. The van der Waals surface area contributed by atoms with Gasteiger partial charge in [-0.15, -0.1) is 0 Å². The highest BCUT2D eigenvalue weighted by atomic mass is 32.1. The first-order valence-electron chi connectivity index (χ1n) is 6.50. The number of pyridine rings is 1. The van der Waals surface area contributed by atoms with Gasteiger partial charge >= 0.3 is 0 Å². The van der Waals surface area contributed by atoms with E-state index in [4.69, 9.17) is 17.0 Å². The average molecular weight is 307 g/mol. The Balaban J connectivity index is 2.25. The zero-order valence-electron chi connectivity index (χ0n) is 11.9. The van der Waals surface area contributed by atoms with Crippen LogP contribution in [-0.4, -0.2) is 45.9 Å². The van der Waals surface area contributed by atoms with Crippen LogP contribution in [0.25, 0.3) is 11.5 Å². The molecule has 1 atom stereocenters. The quantitative estimate of drug-likeness (QED) is 0.621. The summed E-state index contributed by atoms with van der Waals surface area (Å²) in [7, 11) is 1.58. The summed E-state index contributed by atoms with van der Waals surface area (Å²) in [6, 6.07) is 4.99. The number of hydrogen-bond donors (Lipinski definition) is 2. The van der Waals surface area contributed by atoms with E-state index in [0.717, 1.165) is 0 Å². The third-order valence-corrected chi connectivity index (χ3v) is 3.26. The van der Waals surface area contributed by atoms with Gasteiger partial charge in [-0.05, 0) is 31.3 Å². The van der Waals surface area contributed by atoms with Crippen molar-refractivity contribution in [2.45, 2.75) is 13.0 Å². The number of carbonyl (C=O) groups is 1. The van der Waals surface area contributed by atoms with Crippen molar-refractivity contribution in [1.29, 1.82) is 0 Å². The lowest BCUT2D eigenvalue weighted by Crippen LogP contribution is -2.33. The van der Waals surface area contributed by atoms with E-state index in [0.29, 0.717) is 29.4 Å². The van der Waals surface area contributed by atoms with Crippen LogP contribution in [0.15, 0.2) is 24.4 Å². The van der Waals surface area contributed by atoms with E-state index in [2.05, 4.69) is 20.5 Å². The molecule has 2 aromatic heterocycles. The van der Waals surface area contributed by atoms with Crippen LogP contribution in [0.2, 0.25) is 0 Å². The van der Waals surface area contributed by atoms with E-state index in [9.17, 15) is 4.79 Å². The van der Waals surface area contributed by atoms with E-state index in [-0.39, 0.29) is 5.91 Å². The molecule has 0 fully saturated rings. The highest BCUT2D eigenvalue weighted by Crippen LogP contribution is 2.19. The van der Waals surface area contributed by atoms with Crippen molar-refractivity contribution >= 4 is 18.1 Å². The fourth-order valence-corrected chi connectivity index (χ4v) is 2.17. The van der Waals surface area contributed by atoms with Crippen molar-refractivity contribution in [3.63, 3.8) is 0 Å². The number of nitrogens with one attached hydrogen (secondary N) is 2. The van der Waals surface area contributed by atoms with Crippen molar-refractivity contribution in [1.82, 2.24) is 25.1 Å². The predicted molar refractivity (Wildman–Crippen MR) is 80.2 cm³/mol. The van der Waals surface area contributed by atoms with Crippen LogP contribution >= 0.6 is 12.2 Å². The monoisotopic (exact) mass is 307 g/mol. The number of methoxy groups -OCH3 is 1. The molecule has 0 saturated carbocycles. The second-order valence-electron chi connectivity index (χ2n) is 4.40. The van der Waals surface area contributed by atoms with Crippen LogP contribution in [0.4, 0.5) is 0 Å². The number of nitrogens with zero attached hydrogens (tertiary/aromatic N) is 3. The normalized spacial score (nSPS) is 12.1. The molecule has 0 aliphatic heterocycles. The SMILES string of the molecule is COCCNC(=O)C(C)n1c(-c2ccccn2)n[nH]c1=S. The topological polar surface area (TPSA) is 84.8 Å². The summed E-state index contributed by atoms with van der Waals surface area (Å²) in [6.45, 7) is 2.67. The van der Waals surface area contributed by atoms with Gasteiger partial charge in [0.2, 0.25) is 5.91 Å². The Morgan fingerprint density at radius 1 is 1.57 bits per heavy atom. The summed E-state index contributed by atoms with van der Waals surface area (Å²) in [5.41, 5.74) is 0.654. The number of ether oxygens (including phenoxy) is 1. The van der Waals surface area contributed by atoms with Crippen molar-refractivity contribution in [3.8, 4) is 11.5 Å².